The minimum atomic E-state index is -0.160. The van der Waals surface area contributed by atoms with Crippen LogP contribution in [0, 0.1) is 0 Å². The molecule has 3 rings (SSSR count). The summed E-state index contributed by atoms with van der Waals surface area (Å²) in [5.41, 5.74) is 0.746. The number of hydrogen-bond donors (Lipinski definition) is 1. The van der Waals surface area contributed by atoms with Crippen molar-refractivity contribution in [1.82, 2.24) is 20.4 Å². The van der Waals surface area contributed by atoms with Crippen molar-refractivity contribution in [2.75, 3.05) is 6.54 Å². The lowest BCUT2D eigenvalue weighted by Crippen LogP contribution is -2.44. The van der Waals surface area contributed by atoms with Gasteiger partial charge in [0.05, 0.1) is 5.54 Å². The van der Waals surface area contributed by atoms with Crippen LogP contribution in [0.3, 0.4) is 0 Å². The Labute approximate surface area is 106 Å². The quantitative estimate of drug-likeness (QED) is 0.876. The van der Waals surface area contributed by atoms with Crippen LogP contribution in [0.4, 0.5) is 0 Å². The lowest BCUT2D eigenvalue weighted by atomic mass is 9.90. The van der Waals surface area contributed by atoms with E-state index in [1.165, 1.54) is 12.8 Å². The minimum absolute atomic E-state index is 0.160. The highest BCUT2D eigenvalue weighted by Gasteiger charge is 2.33. The van der Waals surface area contributed by atoms with E-state index in [1.54, 1.807) is 12.4 Å². The Kier molecular flexibility index (Phi) is 2.83. The second kappa shape index (κ2) is 4.49. The average molecular weight is 244 g/mol. The molecule has 1 atom stereocenters. The van der Waals surface area contributed by atoms with Crippen LogP contribution in [0.5, 0.6) is 0 Å². The number of rotatable bonds is 2. The van der Waals surface area contributed by atoms with Crippen LogP contribution < -0.4 is 5.32 Å². The van der Waals surface area contributed by atoms with Crippen molar-refractivity contribution in [3.05, 3.63) is 30.4 Å². The first-order valence-corrected chi connectivity index (χ1v) is 6.28. The Morgan fingerprint density at radius 2 is 2.11 bits per heavy atom. The van der Waals surface area contributed by atoms with E-state index in [0.29, 0.717) is 5.89 Å². The van der Waals surface area contributed by atoms with Crippen LogP contribution >= 0.6 is 0 Å². The first-order valence-electron chi connectivity index (χ1n) is 6.28. The molecule has 1 aliphatic rings. The largest absolute Gasteiger partial charge is 0.334 e. The molecule has 5 heteroatoms. The average Bonchev–Trinajstić information content (AvgIpc) is 2.91. The first-order chi connectivity index (χ1) is 8.78. The molecule has 0 spiro atoms. The molecule has 1 N–H and O–H groups in total. The van der Waals surface area contributed by atoms with E-state index < -0.39 is 0 Å². The Morgan fingerprint density at radius 1 is 1.28 bits per heavy atom. The van der Waals surface area contributed by atoms with E-state index in [2.05, 4.69) is 27.4 Å². The molecule has 18 heavy (non-hydrogen) atoms. The highest BCUT2D eigenvalue weighted by molar-refractivity contribution is 5.51. The summed E-state index contributed by atoms with van der Waals surface area (Å²) in [5, 5.41) is 7.60. The number of piperidine rings is 1. The number of nitrogens with one attached hydrogen (secondary N) is 1. The third-order valence-electron chi connectivity index (χ3n) is 3.47. The zero-order valence-electron chi connectivity index (χ0n) is 10.4. The van der Waals surface area contributed by atoms with Crippen molar-refractivity contribution < 1.29 is 4.52 Å². The molecule has 1 saturated heterocycles. The van der Waals surface area contributed by atoms with Gasteiger partial charge in [-0.25, -0.2) is 0 Å². The molecular weight excluding hydrogens is 228 g/mol. The van der Waals surface area contributed by atoms with Gasteiger partial charge in [0.2, 0.25) is 0 Å². The van der Waals surface area contributed by atoms with Crippen LogP contribution in [0.2, 0.25) is 0 Å². The van der Waals surface area contributed by atoms with Gasteiger partial charge in [-0.2, -0.15) is 4.98 Å². The summed E-state index contributed by atoms with van der Waals surface area (Å²) in [6.45, 7) is 3.14. The smallest absolute Gasteiger partial charge is 0.258 e. The van der Waals surface area contributed by atoms with Gasteiger partial charge in [0, 0.05) is 18.0 Å². The summed E-state index contributed by atoms with van der Waals surface area (Å²) in [6.07, 6.45) is 6.90. The summed E-state index contributed by atoms with van der Waals surface area (Å²) in [6, 6.07) is 3.74. The van der Waals surface area contributed by atoms with Gasteiger partial charge in [-0.05, 0) is 44.9 Å². The topological polar surface area (TPSA) is 63.8 Å². The maximum absolute atomic E-state index is 5.34. The highest BCUT2D eigenvalue weighted by atomic mass is 16.5. The van der Waals surface area contributed by atoms with Gasteiger partial charge >= 0.3 is 0 Å². The molecule has 0 aliphatic carbocycles. The number of nitrogens with zero attached hydrogens (tertiary/aromatic N) is 3. The van der Waals surface area contributed by atoms with Gasteiger partial charge in [-0.3, -0.25) is 4.98 Å². The van der Waals surface area contributed by atoms with Gasteiger partial charge in [0.1, 0.15) is 0 Å². The van der Waals surface area contributed by atoms with Gasteiger partial charge in [0.25, 0.3) is 5.89 Å². The Morgan fingerprint density at radius 3 is 2.83 bits per heavy atom. The summed E-state index contributed by atoms with van der Waals surface area (Å²) < 4.78 is 5.34. The molecule has 1 fully saturated rings. The molecule has 0 aromatic carbocycles. The molecule has 0 bridgehead atoms. The second-order valence-electron chi connectivity index (χ2n) is 4.88. The molecule has 1 unspecified atom stereocenters. The van der Waals surface area contributed by atoms with Crippen LogP contribution in [0.1, 0.15) is 32.0 Å². The molecule has 94 valence electrons. The fourth-order valence-electron chi connectivity index (χ4n) is 2.31. The lowest BCUT2D eigenvalue weighted by Gasteiger charge is -2.31. The van der Waals surface area contributed by atoms with Crippen molar-refractivity contribution in [3.8, 4) is 11.5 Å². The van der Waals surface area contributed by atoms with E-state index in [9.17, 15) is 0 Å². The predicted molar refractivity (Wildman–Crippen MR) is 66.7 cm³/mol. The predicted octanol–water partition coefficient (Wildman–Crippen LogP) is 2.12. The van der Waals surface area contributed by atoms with Crippen LogP contribution in [-0.2, 0) is 5.54 Å². The fourth-order valence-corrected chi connectivity index (χ4v) is 2.31. The van der Waals surface area contributed by atoms with Gasteiger partial charge in [-0.15, -0.1) is 0 Å². The van der Waals surface area contributed by atoms with Gasteiger partial charge < -0.3 is 9.84 Å². The minimum Gasteiger partial charge on any atom is -0.334 e. The van der Waals surface area contributed by atoms with Gasteiger partial charge in [0.15, 0.2) is 5.82 Å². The first kappa shape index (κ1) is 11.3. The molecule has 2 aromatic heterocycles. The van der Waals surface area contributed by atoms with E-state index in [-0.39, 0.29) is 5.54 Å². The standard InChI is InChI=1S/C13H16N4O/c1-13(6-2-3-7-15-13)12-16-11(18-17-12)10-4-8-14-9-5-10/h4-5,8-9,15H,2-3,6-7H2,1H3. The third kappa shape index (κ3) is 2.01. The Hall–Kier alpha value is -1.75. The van der Waals surface area contributed by atoms with Crippen molar-refractivity contribution in [3.63, 3.8) is 0 Å². The van der Waals surface area contributed by atoms with Crippen molar-refractivity contribution in [2.24, 2.45) is 0 Å². The number of aromatic nitrogens is 3. The van der Waals surface area contributed by atoms with Crippen LogP contribution in [-0.4, -0.2) is 21.7 Å². The van der Waals surface area contributed by atoms with Gasteiger partial charge in [-0.1, -0.05) is 5.16 Å². The maximum atomic E-state index is 5.34. The van der Waals surface area contributed by atoms with Crippen molar-refractivity contribution in [1.29, 1.82) is 0 Å². The molecule has 0 amide bonds. The zero-order valence-corrected chi connectivity index (χ0v) is 10.4. The van der Waals surface area contributed by atoms with Crippen molar-refractivity contribution in [2.45, 2.75) is 31.7 Å². The van der Waals surface area contributed by atoms with E-state index in [4.69, 9.17) is 4.52 Å². The fraction of sp³-hybridized carbons (Fsp3) is 0.462. The normalized spacial score (nSPS) is 24.1. The third-order valence-corrected chi connectivity index (χ3v) is 3.47. The summed E-state index contributed by atoms with van der Waals surface area (Å²) in [5.74, 6) is 1.30. The molecule has 1 aliphatic heterocycles. The van der Waals surface area contributed by atoms with Crippen LogP contribution in [0.15, 0.2) is 29.0 Å². The molecule has 3 heterocycles. The monoisotopic (exact) mass is 244 g/mol. The van der Waals surface area contributed by atoms with Crippen molar-refractivity contribution >= 4 is 0 Å². The van der Waals surface area contributed by atoms with E-state index in [0.717, 1.165) is 24.4 Å². The maximum Gasteiger partial charge on any atom is 0.258 e. The number of pyridine rings is 1. The number of hydrogen-bond acceptors (Lipinski definition) is 5. The molecule has 0 radical (unpaired) electrons. The van der Waals surface area contributed by atoms with Crippen LogP contribution in [0.25, 0.3) is 11.5 Å². The summed E-state index contributed by atoms with van der Waals surface area (Å²) in [7, 11) is 0. The van der Waals surface area contributed by atoms with E-state index in [1.807, 2.05) is 12.1 Å². The Balaban J connectivity index is 1.89. The highest BCUT2D eigenvalue weighted by Crippen LogP contribution is 2.29. The molecule has 5 nitrogen and oxygen atoms in total. The molecule has 2 aromatic rings. The van der Waals surface area contributed by atoms with E-state index >= 15 is 0 Å². The molecule has 0 saturated carbocycles. The summed E-state index contributed by atoms with van der Waals surface area (Å²) in [4.78, 5) is 8.49. The molecular formula is C13H16N4O. The Bertz CT molecular complexity index is 517. The lowest BCUT2D eigenvalue weighted by molar-refractivity contribution is 0.258. The zero-order chi connectivity index (χ0) is 12.4. The summed E-state index contributed by atoms with van der Waals surface area (Å²) >= 11 is 0. The second-order valence-corrected chi connectivity index (χ2v) is 4.88. The SMILES string of the molecule is CC1(c2noc(-c3ccncc3)n2)CCCCN1.